The van der Waals surface area contributed by atoms with E-state index in [1.54, 1.807) is 0 Å². The van der Waals surface area contributed by atoms with Gasteiger partial charge in [0.05, 0.1) is 5.56 Å². The van der Waals surface area contributed by atoms with Crippen molar-refractivity contribution in [2.24, 2.45) is 5.92 Å². The molecule has 1 rings (SSSR count). The molecule has 1 amide bonds. The second-order valence-corrected chi connectivity index (χ2v) is 5.64. The maximum absolute atomic E-state index is 12.2. The highest BCUT2D eigenvalue weighted by atomic mass is 16.1. The molecule has 0 aliphatic rings. The summed E-state index contributed by atoms with van der Waals surface area (Å²) in [5, 5.41) is 6.15. The number of carbonyl (C=O) groups excluding carboxylic acids is 1. The molecule has 1 aromatic carbocycles. The molecule has 1 atom stereocenters. The van der Waals surface area contributed by atoms with Crippen molar-refractivity contribution in [3.05, 3.63) is 29.3 Å². The minimum Gasteiger partial charge on any atom is -0.387 e. The largest absolute Gasteiger partial charge is 0.387 e. The number of nitrogens with one attached hydrogen (secondary N) is 2. The lowest BCUT2D eigenvalue weighted by molar-refractivity contribution is 0.0938. The average molecular weight is 262 g/mol. The molecular formula is C16H26N2O. The normalized spacial score (nSPS) is 12.3. The van der Waals surface area contributed by atoms with Crippen molar-refractivity contribution in [1.29, 1.82) is 0 Å². The van der Waals surface area contributed by atoms with E-state index in [9.17, 15) is 4.79 Å². The van der Waals surface area contributed by atoms with Gasteiger partial charge < -0.3 is 10.6 Å². The fraction of sp³-hybridized carbons (Fsp3) is 0.562. The maximum Gasteiger partial charge on any atom is 0.253 e. The third-order valence-electron chi connectivity index (χ3n) is 3.24. The van der Waals surface area contributed by atoms with Crippen molar-refractivity contribution in [2.45, 2.75) is 46.6 Å². The summed E-state index contributed by atoms with van der Waals surface area (Å²) in [4.78, 5) is 12.2. The van der Waals surface area contributed by atoms with Crippen LogP contribution in [0.15, 0.2) is 18.2 Å². The number of aryl methyl sites for hydroxylation is 1. The zero-order valence-electron chi connectivity index (χ0n) is 12.7. The minimum absolute atomic E-state index is 0.000561. The molecule has 1 unspecified atom stereocenters. The van der Waals surface area contributed by atoms with Gasteiger partial charge in [-0.3, -0.25) is 4.79 Å². The number of benzene rings is 1. The first-order valence-electron chi connectivity index (χ1n) is 7.03. The summed E-state index contributed by atoms with van der Waals surface area (Å²) >= 11 is 0. The predicted octanol–water partition coefficient (Wildman–Crippen LogP) is 3.59. The van der Waals surface area contributed by atoms with Gasteiger partial charge >= 0.3 is 0 Å². The summed E-state index contributed by atoms with van der Waals surface area (Å²) in [5.41, 5.74) is 2.74. The summed E-state index contributed by atoms with van der Waals surface area (Å²) in [6, 6.07) is 6.05. The summed E-state index contributed by atoms with van der Waals surface area (Å²) in [6.07, 6.45) is 2.15. The smallest absolute Gasteiger partial charge is 0.253 e. The topological polar surface area (TPSA) is 41.1 Å². The number of amides is 1. The fourth-order valence-electron chi connectivity index (χ4n) is 2.02. The van der Waals surface area contributed by atoms with Crippen LogP contribution in [-0.4, -0.2) is 19.0 Å². The number of rotatable bonds is 6. The van der Waals surface area contributed by atoms with Crippen LogP contribution in [0.4, 0.5) is 5.69 Å². The molecule has 0 bridgehead atoms. The summed E-state index contributed by atoms with van der Waals surface area (Å²) < 4.78 is 0. The lowest BCUT2D eigenvalue weighted by Crippen LogP contribution is -2.33. The molecule has 2 N–H and O–H groups in total. The third-order valence-corrected chi connectivity index (χ3v) is 3.24. The molecule has 106 valence electrons. The van der Waals surface area contributed by atoms with Crippen molar-refractivity contribution >= 4 is 11.6 Å². The third kappa shape index (κ3) is 4.93. The van der Waals surface area contributed by atoms with Gasteiger partial charge in [-0.05, 0) is 50.3 Å². The van der Waals surface area contributed by atoms with E-state index >= 15 is 0 Å². The zero-order valence-corrected chi connectivity index (χ0v) is 12.7. The Bertz CT molecular complexity index is 427. The van der Waals surface area contributed by atoms with Crippen LogP contribution in [0.2, 0.25) is 0 Å². The first-order valence-corrected chi connectivity index (χ1v) is 7.03. The van der Waals surface area contributed by atoms with Gasteiger partial charge in [-0.1, -0.05) is 19.9 Å². The van der Waals surface area contributed by atoms with E-state index in [4.69, 9.17) is 0 Å². The molecule has 0 aliphatic heterocycles. The molecule has 0 radical (unpaired) electrons. The van der Waals surface area contributed by atoms with Crippen LogP contribution in [-0.2, 0) is 0 Å². The van der Waals surface area contributed by atoms with E-state index in [2.05, 4.69) is 31.4 Å². The molecule has 0 saturated heterocycles. The molecule has 3 heteroatoms. The average Bonchev–Trinajstić information content (AvgIpc) is 2.35. The molecule has 0 aliphatic carbocycles. The van der Waals surface area contributed by atoms with Crippen molar-refractivity contribution in [2.75, 3.05) is 12.4 Å². The Labute approximate surface area is 116 Å². The molecule has 0 heterocycles. The summed E-state index contributed by atoms with van der Waals surface area (Å²) in [5.74, 6) is 0.673. The van der Waals surface area contributed by atoms with Crippen LogP contribution >= 0.6 is 0 Å². The standard InChI is InChI=1S/C16H26N2O/c1-11(2)6-8-13(4)18-16(19)14-9-7-12(3)10-15(14)17-5/h7,9-11,13,17H,6,8H2,1-5H3,(H,18,19). The Morgan fingerprint density at radius 2 is 1.89 bits per heavy atom. The van der Waals surface area contributed by atoms with Crippen molar-refractivity contribution in [1.82, 2.24) is 5.32 Å². The van der Waals surface area contributed by atoms with E-state index in [1.807, 2.05) is 32.2 Å². The first-order chi connectivity index (χ1) is 8.93. The van der Waals surface area contributed by atoms with Crippen molar-refractivity contribution < 1.29 is 4.79 Å². The summed E-state index contributed by atoms with van der Waals surface area (Å²) in [6.45, 7) is 8.49. The summed E-state index contributed by atoms with van der Waals surface area (Å²) in [7, 11) is 1.84. The highest BCUT2D eigenvalue weighted by Crippen LogP contribution is 2.17. The molecular weight excluding hydrogens is 236 g/mol. The Balaban J connectivity index is 2.67. The van der Waals surface area contributed by atoms with E-state index in [0.717, 1.165) is 24.1 Å². The van der Waals surface area contributed by atoms with E-state index < -0.39 is 0 Å². The minimum atomic E-state index is 0.000561. The van der Waals surface area contributed by atoms with Crippen LogP contribution in [0, 0.1) is 12.8 Å². The van der Waals surface area contributed by atoms with Crippen molar-refractivity contribution in [3.63, 3.8) is 0 Å². The zero-order chi connectivity index (χ0) is 14.4. The van der Waals surface area contributed by atoms with Crippen molar-refractivity contribution in [3.8, 4) is 0 Å². The molecule has 0 fully saturated rings. The van der Waals surface area contributed by atoms with E-state index in [-0.39, 0.29) is 11.9 Å². The van der Waals surface area contributed by atoms with Crippen LogP contribution < -0.4 is 10.6 Å². The molecule has 0 aromatic heterocycles. The van der Waals surface area contributed by atoms with Gasteiger partial charge in [0, 0.05) is 18.8 Å². The molecule has 19 heavy (non-hydrogen) atoms. The predicted molar refractivity (Wildman–Crippen MR) is 81.7 cm³/mol. The number of carbonyl (C=O) groups is 1. The van der Waals surface area contributed by atoms with Gasteiger partial charge in [-0.2, -0.15) is 0 Å². The van der Waals surface area contributed by atoms with Crippen LogP contribution in [0.5, 0.6) is 0 Å². The molecule has 0 spiro atoms. The highest BCUT2D eigenvalue weighted by molar-refractivity contribution is 5.99. The van der Waals surface area contributed by atoms with Gasteiger partial charge in [0.15, 0.2) is 0 Å². The van der Waals surface area contributed by atoms with Gasteiger partial charge in [0.1, 0.15) is 0 Å². The maximum atomic E-state index is 12.2. The van der Waals surface area contributed by atoms with Crippen LogP contribution in [0.25, 0.3) is 0 Å². The molecule has 3 nitrogen and oxygen atoms in total. The van der Waals surface area contributed by atoms with Crippen LogP contribution in [0.3, 0.4) is 0 Å². The van der Waals surface area contributed by atoms with Gasteiger partial charge in [-0.15, -0.1) is 0 Å². The lowest BCUT2D eigenvalue weighted by Gasteiger charge is -2.16. The Morgan fingerprint density at radius 1 is 1.21 bits per heavy atom. The molecule has 1 aromatic rings. The number of hydrogen-bond donors (Lipinski definition) is 2. The van der Waals surface area contributed by atoms with E-state index in [1.165, 1.54) is 0 Å². The SMILES string of the molecule is CNc1cc(C)ccc1C(=O)NC(C)CCC(C)C. The Hall–Kier alpha value is -1.51. The second kappa shape index (κ2) is 7.17. The highest BCUT2D eigenvalue weighted by Gasteiger charge is 2.13. The monoisotopic (exact) mass is 262 g/mol. The quantitative estimate of drug-likeness (QED) is 0.822. The van der Waals surface area contributed by atoms with E-state index in [0.29, 0.717) is 11.5 Å². The number of hydrogen-bond acceptors (Lipinski definition) is 2. The number of anilines is 1. The first kappa shape index (κ1) is 15.5. The Morgan fingerprint density at radius 3 is 2.47 bits per heavy atom. The Kier molecular flexibility index (Phi) is 5.87. The molecule has 0 saturated carbocycles. The van der Waals surface area contributed by atoms with Gasteiger partial charge in [0.25, 0.3) is 5.91 Å². The lowest BCUT2D eigenvalue weighted by atomic mass is 10.0. The van der Waals surface area contributed by atoms with Gasteiger partial charge in [-0.25, -0.2) is 0 Å². The fourth-order valence-corrected chi connectivity index (χ4v) is 2.02. The van der Waals surface area contributed by atoms with Gasteiger partial charge in [0.2, 0.25) is 0 Å². The second-order valence-electron chi connectivity index (χ2n) is 5.64. The van der Waals surface area contributed by atoms with Crippen LogP contribution in [0.1, 0.15) is 49.5 Å².